The summed E-state index contributed by atoms with van der Waals surface area (Å²) in [6, 6.07) is 1.74. The van der Waals surface area contributed by atoms with Gasteiger partial charge in [-0.3, -0.25) is 9.78 Å². The van der Waals surface area contributed by atoms with Crippen LogP contribution >= 0.6 is 0 Å². The van der Waals surface area contributed by atoms with Crippen LogP contribution in [-0.2, 0) is 0 Å². The summed E-state index contributed by atoms with van der Waals surface area (Å²) in [5.74, 6) is 0.706. The molecular weight excluding hydrogens is 228 g/mol. The average molecular weight is 250 g/mol. The summed E-state index contributed by atoms with van der Waals surface area (Å²) in [4.78, 5) is 16.0. The summed E-state index contributed by atoms with van der Waals surface area (Å²) < 4.78 is 5.45. The SMILES string of the molecule is CCCOc1cncc(C(=O)CCC(C)(C)N)c1. The van der Waals surface area contributed by atoms with Crippen LogP contribution in [-0.4, -0.2) is 22.9 Å². The largest absolute Gasteiger partial charge is 0.492 e. The maximum Gasteiger partial charge on any atom is 0.164 e. The number of nitrogens with zero attached hydrogens (tertiary/aromatic N) is 1. The molecule has 1 aromatic heterocycles. The molecule has 0 aliphatic rings. The predicted octanol–water partition coefficient (Wildman–Crippen LogP) is 2.57. The van der Waals surface area contributed by atoms with Gasteiger partial charge in [0.15, 0.2) is 5.78 Å². The van der Waals surface area contributed by atoms with Gasteiger partial charge in [-0.15, -0.1) is 0 Å². The molecule has 1 aromatic rings. The topological polar surface area (TPSA) is 65.2 Å². The molecule has 1 rings (SSSR count). The van der Waals surface area contributed by atoms with Crippen molar-refractivity contribution in [3.05, 3.63) is 24.0 Å². The molecular formula is C14H22N2O2. The number of aromatic nitrogens is 1. The number of ether oxygens (including phenoxy) is 1. The van der Waals surface area contributed by atoms with Crippen LogP contribution in [0.25, 0.3) is 0 Å². The highest BCUT2D eigenvalue weighted by Crippen LogP contribution is 2.16. The number of rotatable bonds is 7. The molecule has 18 heavy (non-hydrogen) atoms. The first-order valence-electron chi connectivity index (χ1n) is 6.32. The molecule has 0 radical (unpaired) electrons. The molecule has 0 saturated carbocycles. The third-order valence-electron chi connectivity index (χ3n) is 2.50. The molecule has 0 spiro atoms. The highest BCUT2D eigenvalue weighted by Gasteiger charge is 2.15. The van der Waals surface area contributed by atoms with Gasteiger partial charge in [0.2, 0.25) is 0 Å². The molecule has 0 amide bonds. The Morgan fingerprint density at radius 2 is 2.17 bits per heavy atom. The molecule has 0 aromatic carbocycles. The van der Waals surface area contributed by atoms with E-state index in [9.17, 15) is 4.79 Å². The highest BCUT2D eigenvalue weighted by molar-refractivity contribution is 5.96. The Balaban J connectivity index is 2.62. The number of hydrogen-bond donors (Lipinski definition) is 1. The third kappa shape index (κ3) is 5.27. The first kappa shape index (κ1) is 14.6. The second kappa shape index (κ2) is 6.50. The molecule has 0 aliphatic carbocycles. The van der Waals surface area contributed by atoms with E-state index in [0.29, 0.717) is 30.8 Å². The second-order valence-corrected chi connectivity index (χ2v) is 5.17. The summed E-state index contributed by atoms with van der Waals surface area (Å²) in [5.41, 5.74) is 6.14. The fraction of sp³-hybridized carbons (Fsp3) is 0.571. The lowest BCUT2D eigenvalue weighted by Gasteiger charge is -2.17. The molecule has 0 atom stereocenters. The monoisotopic (exact) mass is 250 g/mol. The summed E-state index contributed by atoms with van der Waals surface area (Å²) >= 11 is 0. The molecule has 0 saturated heterocycles. The first-order valence-corrected chi connectivity index (χ1v) is 6.32. The Bertz CT molecular complexity index is 397. The lowest BCUT2D eigenvalue weighted by molar-refractivity contribution is 0.0971. The lowest BCUT2D eigenvalue weighted by Crippen LogP contribution is -2.32. The molecule has 2 N–H and O–H groups in total. The van der Waals surface area contributed by atoms with Gasteiger partial charge in [0.05, 0.1) is 12.8 Å². The third-order valence-corrected chi connectivity index (χ3v) is 2.50. The summed E-state index contributed by atoms with van der Waals surface area (Å²) in [5, 5.41) is 0. The molecule has 0 bridgehead atoms. The molecule has 0 fully saturated rings. The predicted molar refractivity (Wildman–Crippen MR) is 71.9 cm³/mol. The van der Waals surface area contributed by atoms with Crippen molar-refractivity contribution in [2.24, 2.45) is 5.73 Å². The number of ketones is 1. The number of hydrogen-bond acceptors (Lipinski definition) is 4. The van der Waals surface area contributed by atoms with E-state index in [4.69, 9.17) is 10.5 Å². The highest BCUT2D eigenvalue weighted by atomic mass is 16.5. The average Bonchev–Trinajstić information content (AvgIpc) is 2.33. The van der Waals surface area contributed by atoms with Crippen LogP contribution in [0.1, 0.15) is 50.4 Å². The molecule has 4 heteroatoms. The Hall–Kier alpha value is -1.42. The number of Topliss-reactive ketones (excluding diaryl/α,β-unsaturated/α-hetero) is 1. The first-order chi connectivity index (χ1) is 8.42. The number of nitrogens with two attached hydrogens (primary N) is 1. The van der Waals surface area contributed by atoms with Crippen LogP contribution in [0.5, 0.6) is 5.75 Å². The van der Waals surface area contributed by atoms with Gasteiger partial charge in [0, 0.05) is 23.7 Å². The minimum atomic E-state index is -0.320. The molecule has 1 heterocycles. The fourth-order valence-corrected chi connectivity index (χ4v) is 1.45. The standard InChI is InChI=1S/C14H22N2O2/c1-4-7-18-12-8-11(9-16-10-12)13(17)5-6-14(2,3)15/h8-10H,4-7,15H2,1-3H3. The molecule has 100 valence electrons. The van der Waals surface area contributed by atoms with Gasteiger partial charge in [-0.25, -0.2) is 0 Å². The van der Waals surface area contributed by atoms with Gasteiger partial charge >= 0.3 is 0 Å². The van der Waals surface area contributed by atoms with Crippen molar-refractivity contribution in [2.45, 2.75) is 45.6 Å². The molecule has 0 aliphatic heterocycles. The van der Waals surface area contributed by atoms with Crippen molar-refractivity contribution in [2.75, 3.05) is 6.61 Å². The van der Waals surface area contributed by atoms with E-state index in [1.54, 1.807) is 18.5 Å². The fourth-order valence-electron chi connectivity index (χ4n) is 1.45. The van der Waals surface area contributed by atoms with E-state index in [0.717, 1.165) is 6.42 Å². The van der Waals surface area contributed by atoms with Crippen molar-refractivity contribution < 1.29 is 9.53 Å². The van der Waals surface area contributed by atoms with Crippen molar-refractivity contribution in [1.82, 2.24) is 4.98 Å². The van der Waals surface area contributed by atoms with Crippen LogP contribution in [0.15, 0.2) is 18.5 Å². The van der Waals surface area contributed by atoms with Gasteiger partial charge in [0.1, 0.15) is 5.75 Å². The maximum atomic E-state index is 12.0. The summed E-state index contributed by atoms with van der Waals surface area (Å²) in [6.45, 7) is 6.50. The quantitative estimate of drug-likeness (QED) is 0.755. The zero-order chi connectivity index (χ0) is 13.6. The molecule has 4 nitrogen and oxygen atoms in total. The zero-order valence-electron chi connectivity index (χ0n) is 11.4. The van der Waals surface area contributed by atoms with E-state index < -0.39 is 0 Å². The van der Waals surface area contributed by atoms with Crippen LogP contribution in [0.3, 0.4) is 0 Å². The number of carbonyl (C=O) groups excluding carboxylic acids is 1. The van der Waals surface area contributed by atoms with Crippen LogP contribution in [0.4, 0.5) is 0 Å². The van der Waals surface area contributed by atoms with E-state index in [1.807, 2.05) is 20.8 Å². The van der Waals surface area contributed by atoms with E-state index >= 15 is 0 Å². The van der Waals surface area contributed by atoms with Crippen molar-refractivity contribution in [3.63, 3.8) is 0 Å². The van der Waals surface area contributed by atoms with Crippen LogP contribution in [0, 0.1) is 0 Å². The van der Waals surface area contributed by atoms with Gasteiger partial charge in [-0.1, -0.05) is 6.92 Å². The van der Waals surface area contributed by atoms with Crippen molar-refractivity contribution >= 4 is 5.78 Å². The van der Waals surface area contributed by atoms with Crippen LogP contribution in [0.2, 0.25) is 0 Å². The second-order valence-electron chi connectivity index (χ2n) is 5.17. The van der Waals surface area contributed by atoms with E-state index in [1.165, 1.54) is 0 Å². The Morgan fingerprint density at radius 3 is 2.78 bits per heavy atom. The summed E-state index contributed by atoms with van der Waals surface area (Å²) in [7, 11) is 0. The van der Waals surface area contributed by atoms with E-state index in [2.05, 4.69) is 4.98 Å². The Labute approximate surface area is 109 Å². The number of carbonyl (C=O) groups is 1. The Morgan fingerprint density at radius 1 is 1.44 bits per heavy atom. The smallest absolute Gasteiger partial charge is 0.164 e. The van der Waals surface area contributed by atoms with Gasteiger partial charge in [0.25, 0.3) is 0 Å². The van der Waals surface area contributed by atoms with Crippen LogP contribution < -0.4 is 10.5 Å². The maximum absolute atomic E-state index is 12.0. The van der Waals surface area contributed by atoms with Gasteiger partial charge < -0.3 is 10.5 Å². The van der Waals surface area contributed by atoms with Crippen molar-refractivity contribution in [1.29, 1.82) is 0 Å². The minimum Gasteiger partial charge on any atom is -0.492 e. The number of pyridine rings is 1. The Kier molecular flexibility index (Phi) is 5.28. The van der Waals surface area contributed by atoms with Gasteiger partial charge in [-0.2, -0.15) is 0 Å². The van der Waals surface area contributed by atoms with E-state index in [-0.39, 0.29) is 11.3 Å². The van der Waals surface area contributed by atoms with Crippen molar-refractivity contribution in [3.8, 4) is 5.75 Å². The zero-order valence-corrected chi connectivity index (χ0v) is 11.4. The van der Waals surface area contributed by atoms with Gasteiger partial charge in [-0.05, 0) is 32.8 Å². The summed E-state index contributed by atoms with van der Waals surface area (Å²) in [6.07, 6.45) is 5.22. The molecule has 0 unspecified atom stereocenters. The normalized spacial score (nSPS) is 11.3. The minimum absolute atomic E-state index is 0.0583. The lowest BCUT2D eigenvalue weighted by atomic mass is 9.96.